The molecule has 4 unspecified atom stereocenters. The van der Waals surface area contributed by atoms with Gasteiger partial charge in [-0.3, -0.25) is 10.0 Å². The van der Waals surface area contributed by atoms with Gasteiger partial charge < -0.3 is 4.90 Å². The van der Waals surface area contributed by atoms with Crippen molar-refractivity contribution < 1.29 is 0 Å². The van der Waals surface area contributed by atoms with Gasteiger partial charge in [-0.25, -0.2) is 9.67 Å². The molecule has 2 aromatic rings. The molecule has 1 aromatic heterocycles. The number of nitrogens with zero attached hydrogens (tertiary/aromatic N) is 9. The largest absolute Gasteiger partial charge is 0.303 e. The zero-order chi connectivity index (χ0) is 25.9. The molecule has 4 atom stereocenters. The summed E-state index contributed by atoms with van der Waals surface area (Å²) in [5, 5.41) is 20.2. The van der Waals surface area contributed by atoms with Crippen LogP contribution < -0.4 is 5.01 Å². The molecule has 9 heteroatoms. The predicted octanol–water partition coefficient (Wildman–Crippen LogP) is 5.18. The number of benzene rings is 1. The van der Waals surface area contributed by atoms with Gasteiger partial charge in [-0.15, -0.1) is 0 Å². The Bertz CT molecular complexity index is 1230. The fourth-order valence-electron chi connectivity index (χ4n) is 6.33. The number of anilines is 1. The fraction of sp³-hybridized carbons (Fsp3) is 0.586. The maximum Gasteiger partial charge on any atom is 0.160 e. The highest BCUT2D eigenvalue weighted by atomic mass is 15.5. The average molecular weight is 514 g/mol. The smallest absolute Gasteiger partial charge is 0.160 e. The van der Waals surface area contributed by atoms with Crippen LogP contribution >= 0.6 is 0 Å². The number of hydrogen-bond donors (Lipinski definition) is 0. The van der Waals surface area contributed by atoms with Gasteiger partial charge in [-0.2, -0.15) is 20.4 Å². The third kappa shape index (κ3) is 5.21. The normalized spacial score (nSPS) is 28.9. The highest BCUT2D eigenvalue weighted by molar-refractivity contribution is 5.99. The van der Waals surface area contributed by atoms with Crippen LogP contribution in [0.3, 0.4) is 0 Å². The molecule has 0 saturated carbocycles. The number of likely N-dealkylation sites (tertiary alicyclic amines) is 1. The Morgan fingerprint density at radius 2 is 1.97 bits per heavy atom. The van der Waals surface area contributed by atoms with Crippen LogP contribution in [-0.4, -0.2) is 78.3 Å². The minimum Gasteiger partial charge on any atom is -0.303 e. The summed E-state index contributed by atoms with van der Waals surface area (Å²) in [7, 11) is 1.87. The molecule has 0 spiro atoms. The van der Waals surface area contributed by atoms with E-state index in [0.717, 1.165) is 74.8 Å². The van der Waals surface area contributed by atoms with Crippen molar-refractivity contribution >= 4 is 29.3 Å². The molecule has 6 rings (SSSR count). The molecular weight excluding hydrogens is 474 g/mol. The summed E-state index contributed by atoms with van der Waals surface area (Å²) in [6, 6.07) is 10.8. The number of fused-ring (bicyclic) bond motifs is 1. The van der Waals surface area contributed by atoms with Crippen LogP contribution in [0, 0.1) is 11.8 Å². The monoisotopic (exact) mass is 513 g/mol. The molecule has 1 saturated heterocycles. The maximum atomic E-state index is 5.43. The van der Waals surface area contributed by atoms with E-state index < -0.39 is 0 Å². The van der Waals surface area contributed by atoms with Crippen LogP contribution in [0.5, 0.6) is 0 Å². The van der Waals surface area contributed by atoms with Crippen molar-refractivity contribution in [1.82, 2.24) is 14.7 Å². The summed E-state index contributed by atoms with van der Waals surface area (Å²) < 4.78 is 1.98. The Morgan fingerprint density at radius 3 is 2.79 bits per heavy atom. The van der Waals surface area contributed by atoms with E-state index in [-0.39, 0.29) is 5.92 Å². The van der Waals surface area contributed by atoms with Crippen molar-refractivity contribution in [3.8, 4) is 0 Å². The van der Waals surface area contributed by atoms with Gasteiger partial charge >= 0.3 is 0 Å². The summed E-state index contributed by atoms with van der Waals surface area (Å²) >= 11 is 0. The number of para-hydroxylation sites is 1. The summed E-state index contributed by atoms with van der Waals surface area (Å²) in [4.78, 5) is 12.7. The van der Waals surface area contributed by atoms with Crippen LogP contribution in [0.4, 0.5) is 11.5 Å². The Hall–Kier alpha value is -3.20. The van der Waals surface area contributed by atoms with Crippen LogP contribution in [0.2, 0.25) is 0 Å². The Balaban J connectivity index is 1.21. The molecule has 4 aliphatic rings. The summed E-state index contributed by atoms with van der Waals surface area (Å²) in [6.07, 6.45) is 10.7. The Labute approximate surface area is 225 Å². The van der Waals surface area contributed by atoms with E-state index in [1.807, 2.05) is 30.2 Å². The lowest BCUT2D eigenvalue weighted by atomic mass is 9.86. The molecule has 38 heavy (non-hydrogen) atoms. The topological polar surface area (TPSA) is 86.1 Å². The Kier molecular flexibility index (Phi) is 7.44. The minimum atomic E-state index is 0.146. The SMILES string of the molecule is CN=C1CC(C)C(C2CCCN(CCC3CCN=N3)CC2)=Nc2c(C3C=NN(c4ccccc4)C3)cnn21. The van der Waals surface area contributed by atoms with Gasteiger partial charge in [0.2, 0.25) is 0 Å². The summed E-state index contributed by atoms with van der Waals surface area (Å²) in [6.45, 7) is 7.44. The maximum absolute atomic E-state index is 5.43. The van der Waals surface area contributed by atoms with E-state index in [1.54, 1.807) is 0 Å². The van der Waals surface area contributed by atoms with E-state index in [2.05, 4.69) is 56.3 Å². The van der Waals surface area contributed by atoms with Crippen LogP contribution in [-0.2, 0) is 0 Å². The van der Waals surface area contributed by atoms with Gasteiger partial charge in [0, 0.05) is 49.3 Å². The van der Waals surface area contributed by atoms with Gasteiger partial charge in [-0.1, -0.05) is 25.1 Å². The van der Waals surface area contributed by atoms with Gasteiger partial charge in [0.05, 0.1) is 31.0 Å². The molecular formula is C29H39N9. The lowest BCUT2D eigenvalue weighted by Gasteiger charge is -2.23. The molecule has 0 radical (unpaired) electrons. The van der Waals surface area contributed by atoms with E-state index in [0.29, 0.717) is 17.9 Å². The van der Waals surface area contributed by atoms with E-state index in [1.165, 1.54) is 25.1 Å². The van der Waals surface area contributed by atoms with E-state index >= 15 is 0 Å². The predicted molar refractivity (Wildman–Crippen MR) is 153 cm³/mol. The van der Waals surface area contributed by atoms with Gasteiger partial charge in [-0.05, 0) is 63.2 Å². The van der Waals surface area contributed by atoms with Crippen molar-refractivity contribution in [1.29, 1.82) is 0 Å². The van der Waals surface area contributed by atoms with Crippen molar-refractivity contribution in [2.45, 2.75) is 57.4 Å². The molecule has 0 bridgehead atoms. The lowest BCUT2D eigenvalue weighted by Crippen LogP contribution is -2.29. The third-order valence-electron chi connectivity index (χ3n) is 8.54. The van der Waals surface area contributed by atoms with Gasteiger partial charge in [0.25, 0.3) is 0 Å². The number of rotatable bonds is 6. The molecule has 200 valence electrons. The second-order valence-corrected chi connectivity index (χ2v) is 11.1. The summed E-state index contributed by atoms with van der Waals surface area (Å²) in [5.41, 5.74) is 3.57. The number of azo groups is 1. The first-order chi connectivity index (χ1) is 18.7. The second kappa shape index (κ2) is 11.3. The zero-order valence-electron chi connectivity index (χ0n) is 22.7. The van der Waals surface area contributed by atoms with Gasteiger partial charge in [0.1, 0.15) is 5.84 Å². The van der Waals surface area contributed by atoms with Crippen molar-refractivity contribution in [3.63, 3.8) is 0 Å². The highest BCUT2D eigenvalue weighted by Gasteiger charge is 2.33. The van der Waals surface area contributed by atoms with Crippen LogP contribution in [0.1, 0.15) is 56.9 Å². The van der Waals surface area contributed by atoms with Crippen LogP contribution in [0.15, 0.2) is 61.8 Å². The molecule has 0 aliphatic carbocycles. The number of aromatic nitrogens is 2. The molecule has 4 aliphatic heterocycles. The first kappa shape index (κ1) is 25.1. The molecule has 1 fully saturated rings. The van der Waals surface area contributed by atoms with Crippen LogP contribution in [0.25, 0.3) is 0 Å². The first-order valence-corrected chi connectivity index (χ1v) is 14.3. The van der Waals surface area contributed by atoms with Gasteiger partial charge in [0.15, 0.2) is 5.82 Å². The standard InChI is InChI=1S/C29H39N9/c1-21-17-27(30-2)38-29(26(19-33-38)23-18-32-37(20-23)25-8-4-3-5-9-25)34-28(21)22-7-6-14-36(15-11-22)16-12-24-10-13-31-35-24/h3-5,8-9,18-19,21-24H,6-7,10-17,20H2,1-2H3. The van der Waals surface area contributed by atoms with E-state index in [4.69, 9.17) is 15.2 Å². The zero-order valence-corrected chi connectivity index (χ0v) is 22.7. The van der Waals surface area contributed by atoms with E-state index in [9.17, 15) is 0 Å². The Morgan fingerprint density at radius 1 is 1.08 bits per heavy atom. The average Bonchev–Trinajstić information content (AvgIpc) is 3.67. The second-order valence-electron chi connectivity index (χ2n) is 11.1. The number of hydrazone groups is 1. The third-order valence-corrected chi connectivity index (χ3v) is 8.54. The highest BCUT2D eigenvalue weighted by Crippen LogP contribution is 2.36. The number of aliphatic imine (C=N–C) groups is 2. The molecule has 0 amide bonds. The lowest BCUT2D eigenvalue weighted by molar-refractivity contribution is 0.272. The quantitative estimate of drug-likeness (QED) is 0.533. The molecule has 9 nitrogen and oxygen atoms in total. The minimum absolute atomic E-state index is 0.146. The van der Waals surface area contributed by atoms with Crippen molar-refractivity contribution in [3.05, 3.63) is 42.1 Å². The van der Waals surface area contributed by atoms with Crippen molar-refractivity contribution in [2.75, 3.05) is 44.8 Å². The molecule has 1 aromatic carbocycles. The number of hydrogen-bond acceptors (Lipinski definition) is 8. The van der Waals surface area contributed by atoms with Crippen molar-refractivity contribution in [2.24, 2.45) is 37.2 Å². The molecule has 0 N–H and O–H groups in total. The summed E-state index contributed by atoms with van der Waals surface area (Å²) in [5.74, 6) is 2.92. The first-order valence-electron chi connectivity index (χ1n) is 14.3. The molecule has 5 heterocycles. The fourth-order valence-corrected chi connectivity index (χ4v) is 6.33.